The SMILES string of the molecule is CCNc1nc(C2CC2)nc(NCC(C)N(C)C)c1C. The third-order valence-electron chi connectivity index (χ3n) is 3.90. The van der Waals surface area contributed by atoms with Crippen molar-refractivity contribution >= 4 is 11.6 Å². The molecular weight excluding hydrogens is 250 g/mol. The van der Waals surface area contributed by atoms with E-state index in [-0.39, 0.29) is 0 Å². The molecule has 0 aliphatic heterocycles. The summed E-state index contributed by atoms with van der Waals surface area (Å²) in [6, 6.07) is 0.469. The van der Waals surface area contributed by atoms with Crippen LogP contribution in [0.1, 0.15) is 44.0 Å². The summed E-state index contributed by atoms with van der Waals surface area (Å²) in [7, 11) is 4.19. The van der Waals surface area contributed by atoms with Gasteiger partial charge in [0.2, 0.25) is 0 Å². The van der Waals surface area contributed by atoms with Crippen LogP contribution in [-0.4, -0.2) is 48.1 Å². The number of hydrogen-bond donors (Lipinski definition) is 2. The number of hydrogen-bond acceptors (Lipinski definition) is 5. The average molecular weight is 277 g/mol. The number of aromatic nitrogens is 2. The maximum absolute atomic E-state index is 4.73. The quantitative estimate of drug-likeness (QED) is 0.802. The van der Waals surface area contributed by atoms with Gasteiger partial charge in [-0.1, -0.05) is 0 Å². The van der Waals surface area contributed by atoms with Gasteiger partial charge in [0, 0.05) is 30.6 Å². The highest BCUT2D eigenvalue weighted by Crippen LogP contribution is 2.39. The lowest BCUT2D eigenvalue weighted by Gasteiger charge is -2.21. The molecule has 2 rings (SSSR count). The second-order valence-electron chi connectivity index (χ2n) is 5.90. The Morgan fingerprint density at radius 1 is 1.20 bits per heavy atom. The fourth-order valence-electron chi connectivity index (χ4n) is 2.00. The lowest BCUT2D eigenvalue weighted by atomic mass is 10.2. The predicted molar refractivity (Wildman–Crippen MR) is 84.5 cm³/mol. The molecule has 20 heavy (non-hydrogen) atoms. The van der Waals surface area contributed by atoms with Crippen LogP contribution in [0, 0.1) is 6.92 Å². The van der Waals surface area contributed by atoms with E-state index in [1.54, 1.807) is 0 Å². The van der Waals surface area contributed by atoms with Crippen LogP contribution in [0.4, 0.5) is 11.6 Å². The molecule has 1 unspecified atom stereocenters. The number of anilines is 2. The molecule has 1 heterocycles. The van der Waals surface area contributed by atoms with Gasteiger partial charge in [0.15, 0.2) is 0 Å². The van der Waals surface area contributed by atoms with Gasteiger partial charge in [-0.3, -0.25) is 0 Å². The summed E-state index contributed by atoms with van der Waals surface area (Å²) in [5.74, 6) is 3.52. The Morgan fingerprint density at radius 2 is 1.80 bits per heavy atom. The Bertz CT molecular complexity index is 454. The second-order valence-corrected chi connectivity index (χ2v) is 5.90. The summed E-state index contributed by atoms with van der Waals surface area (Å²) < 4.78 is 0. The van der Waals surface area contributed by atoms with Crippen molar-refractivity contribution in [3.8, 4) is 0 Å². The smallest absolute Gasteiger partial charge is 0.136 e. The average Bonchev–Trinajstić information content (AvgIpc) is 3.23. The Hall–Kier alpha value is -1.36. The normalized spacial score (nSPS) is 16.3. The van der Waals surface area contributed by atoms with E-state index in [0.29, 0.717) is 12.0 Å². The first kappa shape index (κ1) is 15.0. The monoisotopic (exact) mass is 277 g/mol. The summed E-state index contributed by atoms with van der Waals surface area (Å²) in [6.07, 6.45) is 2.45. The summed E-state index contributed by atoms with van der Waals surface area (Å²) >= 11 is 0. The molecule has 0 bridgehead atoms. The van der Waals surface area contributed by atoms with E-state index in [9.17, 15) is 0 Å². The lowest BCUT2D eigenvalue weighted by Crippen LogP contribution is -2.32. The van der Waals surface area contributed by atoms with Gasteiger partial charge in [0.05, 0.1) is 0 Å². The van der Waals surface area contributed by atoms with Crippen LogP contribution in [0.5, 0.6) is 0 Å². The van der Waals surface area contributed by atoms with Gasteiger partial charge >= 0.3 is 0 Å². The van der Waals surface area contributed by atoms with Crippen LogP contribution in [-0.2, 0) is 0 Å². The second kappa shape index (κ2) is 6.39. The highest BCUT2D eigenvalue weighted by Gasteiger charge is 2.28. The van der Waals surface area contributed by atoms with E-state index in [4.69, 9.17) is 4.98 Å². The van der Waals surface area contributed by atoms with Crippen LogP contribution in [0.2, 0.25) is 0 Å². The third-order valence-corrected chi connectivity index (χ3v) is 3.90. The number of nitrogens with one attached hydrogen (secondary N) is 2. The van der Waals surface area contributed by atoms with E-state index in [1.807, 2.05) is 0 Å². The Balaban J connectivity index is 2.17. The maximum atomic E-state index is 4.73. The zero-order valence-electron chi connectivity index (χ0n) is 13.3. The maximum Gasteiger partial charge on any atom is 0.136 e. The van der Waals surface area contributed by atoms with Crippen LogP contribution < -0.4 is 10.6 Å². The van der Waals surface area contributed by atoms with Gasteiger partial charge in [-0.15, -0.1) is 0 Å². The summed E-state index contributed by atoms with van der Waals surface area (Å²) in [6.45, 7) is 8.16. The highest BCUT2D eigenvalue weighted by atomic mass is 15.1. The van der Waals surface area contributed by atoms with Crippen molar-refractivity contribution in [3.63, 3.8) is 0 Å². The minimum Gasteiger partial charge on any atom is -0.370 e. The Labute approximate surface area is 122 Å². The lowest BCUT2D eigenvalue weighted by molar-refractivity contribution is 0.326. The zero-order valence-corrected chi connectivity index (χ0v) is 13.3. The fraction of sp³-hybridized carbons (Fsp3) is 0.733. The molecule has 1 atom stereocenters. The third kappa shape index (κ3) is 3.60. The molecule has 0 amide bonds. The molecular formula is C15H27N5. The molecule has 1 saturated carbocycles. The first-order valence-electron chi connectivity index (χ1n) is 7.55. The molecule has 1 aliphatic rings. The number of likely N-dealkylation sites (N-methyl/N-ethyl adjacent to an activating group) is 1. The van der Waals surface area contributed by atoms with Crippen LogP contribution in [0.25, 0.3) is 0 Å². The Kier molecular flexibility index (Phi) is 4.81. The Morgan fingerprint density at radius 3 is 2.30 bits per heavy atom. The predicted octanol–water partition coefficient (Wildman–Crippen LogP) is 2.46. The largest absolute Gasteiger partial charge is 0.370 e. The molecule has 0 saturated heterocycles. The fourth-order valence-corrected chi connectivity index (χ4v) is 2.00. The first-order valence-corrected chi connectivity index (χ1v) is 7.55. The zero-order chi connectivity index (χ0) is 14.7. The van der Waals surface area contributed by atoms with E-state index in [2.05, 4.69) is 55.4 Å². The molecule has 5 nitrogen and oxygen atoms in total. The van der Waals surface area contributed by atoms with Crippen molar-refractivity contribution < 1.29 is 0 Å². The first-order chi connectivity index (χ1) is 9.52. The minimum absolute atomic E-state index is 0.469. The molecule has 1 fully saturated rings. The van der Waals surface area contributed by atoms with E-state index in [1.165, 1.54) is 12.8 Å². The molecule has 0 radical (unpaired) electrons. The van der Waals surface area contributed by atoms with Crippen molar-refractivity contribution in [2.75, 3.05) is 37.8 Å². The van der Waals surface area contributed by atoms with Gasteiger partial charge in [0.25, 0.3) is 0 Å². The molecule has 2 N–H and O–H groups in total. The van der Waals surface area contributed by atoms with Crippen molar-refractivity contribution in [2.45, 2.75) is 45.6 Å². The van der Waals surface area contributed by atoms with Gasteiger partial charge in [0.1, 0.15) is 17.5 Å². The van der Waals surface area contributed by atoms with Crippen molar-refractivity contribution in [1.82, 2.24) is 14.9 Å². The molecule has 5 heteroatoms. The standard InChI is InChI=1S/C15H27N5/c1-6-16-13-11(3)14(17-9-10(2)20(4)5)19-15(18-13)12-7-8-12/h10,12H,6-9H2,1-5H3,(H2,16,17,18,19). The van der Waals surface area contributed by atoms with E-state index in [0.717, 1.165) is 36.1 Å². The van der Waals surface area contributed by atoms with Crippen molar-refractivity contribution in [2.24, 2.45) is 0 Å². The molecule has 0 spiro atoms. The number of nitrogens with zero attached hydrogens (tertiary/aromatic N) is 3. The van der Waals surface area contributed by atoms with Gasteiger partial charge in [-0.2, -0.15) is 0 Å². The van der Waals surface area contributed by atoms with Crippen LogP contribution in [0.15, 0.2) is 0 Å². The summed E-state index contributed by atoms with van der Waals surface area (Å²) in [5, 5.41) is 6.83. The summed E-state index contributed by atoms with van der Waals surface area (Å²) in [4.78, 5) is 11.6. The molecule has 1 aromatic heterocycles. The summed E-state index contributed by atoms with van der Waals surface area (Å²) in [5.41, 5.74) is 1.11. The van der Waals surface area contributed by atoms with Crippen molar-refractivity contribution in [3.05, 3.63) is 11.4 Å². The molecule has 0 aromatic carbocycles. The number of rotatable bonds is 7. The molecule has 112 valence electrons. The molecule has 1 aliphatic carbocycles. The van der Waals surface area contributed by atoms with Crippen molar-refractivity contribution in [1.29, 1.82) is 0 Å². The van der Waals surface area contributed by atoms with Gasteiger partial charge in [-0.25, -0.2) is 9.97 Å². The van der Waals surface area contributed by atoms with Crippen LogP contribution in [0.3, 0.4) is 0 Å². The van der Waals surface area contributed by atoms with Gasteiger partial charge < -0.3 is 15.5 Å². The van der Waals surface area contributed by atoms with Crippen LogP contribution >= 0.6 is 0 Å². The highest BCUT2D eigenvalue weighted by molar-refractivity contribution is 5.57. The van der Waals surface area contributed by atoms with Gasteiger partial charge in [-0.05, 0) is 47.7 Å². The molecule has 1 aromatic rings. The van der Waals surface area contributed by atoms with E-state index >= 15 is 0 Å². The minimum atomic E-state index is 0.469. The topological polar surface area (TPSA) is 53.1 Å². The van der Waals surface area contributed by atoms with E-state index < -0.39 is 0 Å².